The lowest BCUT2D eigenvalue weighted by atomic mass is 9.84. The fourth-order valence-corrected chi connectivity index (χ4v) is 3.78. The maximum absolute atomic E-state index is 12.5. The Morgan fingerprint density at radius 3 is 2.76 bits per heavy atom. The van der Waals surface area contributed by atoms with Gasteiger partial charge in [-0.25, -0.2) is 0 Å². The van der Waals surface area contributed by atoms with Crippen molar-refractivity contribution in [1.29, 1.82) is 0 Å². The monoisotopic (exact) mass is 283 g/mol. The smallest absolute Gasteiger partial charge is 0.251 e. The van der Waals surface area contributed by atoms with Crippen molar-refractivity contribution < 1.29 is 4.79 Å². The predicted octanol–water partition coefficient (Wildman–Crippen LogP) is 2.07. The fraction of sp³-hybridized carbons (Fsp3) is 0.471. The van der Waals surface area contributed by atoms with Gasteiger partial charge in [-0.1, -0.05) is 0 Å². The number of hydrogen-bond donors (Lipinski definition) is 1. The number of nitrogens with one attached hydrogen (secondary N) is 1. The molecule has 2 aromatic heterocycles. The van der Waals surface area contributed by atoms with Crippen LogP contribution in [0.25, 0.3) is 5.52 Å². The van der Waals surface area contributed by atoms with Crippen molar-refractivity contribution in [2.75, 3.05) is 19.6 Å². The number of pyridine rings is 1. The lowest BCUT2D eigenvalue weighted by molar-refractivity contribution is 0.0620. The summed E-state index contributed by atoms with van der Waals surface area (Å²) in [6.45, 7) is 5.49. The maximum atomic E-state index is 12.5. The number of hydrogen-bond acceptors (Lipinski definition) is 2. The molecule has 1 amide bonds. The summed E-state index contributed by atoms with van der Waals surface area (Å²) in [5.74, 6) is 0.730. The molecular formula is C17H21N3O. The molecule has 3 saturated heterocycles. The minimum Gasteiger partial charge on any atom is -0.348 e. The van der Waals surface area contributed by atoms with Gasteiger partial charge >= 0.3 is 0 Å². The van der Waals surface area contributed by atoms with Crippen LogP contribution in [0.2, 0.25) is 0 Å². The Kier molecular flexibility index (Phi) is 3.00. The van der Waals surface area contributed by atoms with Crippen LogP contribution in [0, 0.1) is 12.8 Å². The van der Waals surface area contributed by atoms with Crippen LogP contribution < -0.4 is 5.32 Å². The van der Waals surface area contributed by atoms with E-state index in [1.807, 2.05) is 18.3 Å². The summed E-state index contributed by atoms with van der Waals surface area (Å²) >= 11 is 0. The van der Waals surface area contributed by atoms with E-state index in [2.05, 4.69) is 33.7 Å². The van der Waals surface area contributed by atoms with Crippen molar-refractivity contribution >= 4 is 11.4 Å². The second-order valence-electron chi connectivity index (χ2n) is 6.40. The topological polar surface area (TPSA) is 36.8 Å². The highest BCUT2D eigenvalue weighted by molar-refractivity contribution is 5.95. The normalized spacial score (nSPS) is 28.0. The third kappa shape index (κ3) is 2.23. The number of nitrogens with zero attached hydrogens (tertiary/aromatic N) is 2. The quantitative estimate of drug-likeness (QED) is 0.916. The molecule has 4 heteroatoms. The van der Waals surface area contributed by atoms with Gasteiger partial charge in [0.1, 0.15) is 0 Å². The van der Waals surface area contributed by atoms with Crippen LogP contribution in [-0.4, -0.2) is 40.9 Å². The number of aryl methyl sites for hydroxylation is 1. The maximum Gasteiger partial charge on any atom is 0.251 e. The molecule has 1 atom stereocenters. The minimum absolute atomic E-state index is 0.0649. The summed E-state index contributed by atoms with van der Waals surface area (Å²) in [7, 11) is 0. The SMILES string of the molecule is Cc1ccc2cc(C(=O)N[C@H]3CN4CCC3CC4)ccn12. The zero-order valence-corrected chi connectivity index (χ0v) is 12.4. The molecule has 0 spiro atoms. The molecule has 3 aliphatic heterocycles. The fourth-order valence-electron chi connectivity index (χ4n) is 3.78. The molecule has 0 unspecified atom stereocenters. The first-order chi connectivity index (χ1) is 10.2. The lowest BCUT2D eigenvalue weighted by Gasteiger charge is -2.44. The Morgan fingerprint density at radius 1 is 1.24 bits per heavy atom. The van der Waals surface area contributed by atoms with E-state index in [9.17, 15) is 4.79 Å². The van der Waals surface area contributed by atoms with Crippen molar-refractivity contribution in [3.05, 3.63) is 41.7 Å². The van der Waals surface area contributed by atoms with Crippen LogP contribution in [0.5, 0.6) is 0 Å². The molecule has 21 heavy (non-hydrogen) atoms. The van der Waals surface area contributed by atoms with Crippen LogP contribution in [0.1, 0.15) is 28.9 Å². The summed E-state index contributed by atoms with van der Waals surface area (Å²) in [4.78, 5) is 15.0. The lowest BCUT2D eigenvalue weighted by Crippen LogP contribution is -2.57. The van der Waals surface area contributed by atoms with Gasteiger partial charge in [0, 0.05) is 35.6 Å². The molecular weight excluding hydrogens is 262 g/mol. The highest BCUT2D eigenvalue weighted by Gasteiger charge is 2.34. The summed E-state index contributed by atoms with van der Waals surface area (Å²) in [6.07, 6.45) is 4.43. The largest absolute Gasteiger partial charge is 0.348 e. The highest BCUT2D eigenvalue weighted by Crippen LogP contribution is 2.27. The Labute approximate surface area is 124 Å². The Balaban J connectivity index is 1.53. The summed E-state index contributed by atoms with van der Waals surface area (Å²) in [6, 6.07) is 8.34. The van der Waals surface area contributed by atoms with Crippen LogP contribution in [0.15, 0.2) is 30.5 Å². The molecule has 2 aromatic rings. The van der Waals surface area contributed by atoms with E-state index < -0.39 is 0 Å². The van der Waals surface area contributed by atoms with Crippen LogP contribution >= 0.6 is 0 Å². The van der Waals surface area contributed by atoms with Crippen LogP contribution in [0.4, 0.5) is 0 Å². The van der Waals surface area contributed by atoms with E-state index >= 15 is 0 Å². The first kappa shape index (κ1) is 12.9. The van der Waals surface area contributed by atoms with Crippen molar-refractivity contribution in [2.45, 2.75) is 25.8 Å². The zero-order valence-electron chi connectivity index (χ0n) is 12.4. The first-order valence-corrected chi connectivity index (χ1v) is 7.82. The molecule has 0 aromatic carbocycles. The van der Waals surface area contributed by atoms with Crippen molar-refractivity contribution in [1.82, 2.24) is 14.6 Å². The molecule has 110 valence electrons. The third-order valence-corrected chi connectivity index (χ3v) is 5.09. The number of amides is 1. The molecule has 5 heterocycles. The van der Waals surface area contributed by atoms with Gasteiger partial charge in [-0.2, -0.15) is 0 Å². The summed E-state index contributed by atoms with van der Waals surface area (Å²) < 4.78 is 2.10. The number of fused-ring (bicyclic) bond motifs is 4. The third-order valence-electron chi connectivity index (χ3n) is 5.09. The average molecular weight is 283 g/mol. The number of rotatable bonds is 2. The molecule has 4 nitrogen and oxygen atoms in total. The van der Waals surface area contributed by atoms with E-state index in [-0.39, 0.29) is 5.91 Å². The zero-order chi connectivity index (χ0) is 14.4. The van der Waals surface area contributed by atoms with Gasteiger partial charge in [0.15, 0.2) is 0 Å². The molecule has 2 bridgehead atoms. The standard InChI is InChI=1S/C17H21N3O/c1-12-2-3-15-10-14(6-9-20(12)15)17(21)18-16-11-19-7-4-13(16)5-8-19/h2-3,6,9-10,13,16H,4-5,7-8,11H2,1H3,(H,18,21)/t16-/m0/s1. The van der Waals surface area contributed by atoms with Gasteiger partial charge in [0.2, 0.25) is 0 Å². The van der Waals surface area contributed by atoms with Crippen LogP contribution in [0.3, 0.4) is 0 Å². The van der Waals surface area contributed by atoms with Crippen molar-refractivity contribution in [3.63, 3.8) is 0 Å². The molecule has 0 radical (unpaired) electrons. The highest BCUT2D eigenvalue weighted by atomic mass is 16.1. The Morgan fingerprint density at radius 2 is 2.05 bits per heavy atom. The van der Waals surface area contributed by atoms with Gasteiger partial charge in [-0.05, 0) is 63.0 Å². The second kappa shape index (κ2) is 4.88. The molecule has 1 N–H and O–H groups in total. The van der Waals surface area contributed by atoms with E-state index in [1.54, 1.807) is 0 Å². The van der Waals surface area contributed by atoms with Gasteiger partial charge in [0.05, 0.1) is 0 Å². The van der Waals surface area contributed by atoms with Crippen molar-refractivity contribution in [2.24, 2.45) is 5.92 Å². The second-order valence-corrected chi connectivity index (χ2v) is 6.40. The molecule has 5 rings (SSSR count). The predicted molar refractivity (Wildman–Crippen MR) is 82.6 cm³/mol. The van der Waals surface area contributed by atoms with Gasteiger partial charge in [0.25, 0.3) is 5.91 Å². The van der Waals surface area contributed by atoms with E-state index in [4.69, 9.17) is 0 Å². The number of piperidine rings is 3. The van der Waals surface area contributed by atoms with Gasteiger partial charge in [-0.15, -0.1) is 0 Å². The Bertz CT molecular complexity index is 682. The number of carbonyl (C=O) groups is 1. The van der Waals surface area contributed by atoms with E-state index in [0.717, 1.165) is 17.6 Å². The van der Waals surface area contributed by atoms with Crippen LogP contribution in [-0.2, 0) is 0 Å². The van der Waals surface area contributed by atoms with Crippen molar-refractivity contribution in [3.8, 4) is 0 Å². The number of aromatic nitrogens is 1. The molecule has 0 aliphatic carbocycles. The average Bonchev–Trinajstić information content (AvgIpc) is 2.89. The summed E-state index contributed by atoms with van der Waals surface area (Å²) in [5.41, 5.74) is 3.03. The Hall–Kier alpha value is -1.81. The van der Waals surface area contributed by atoms with Gasteiger partial charge in [-0.3, -0.25) is 4.79 Å². The van der Waals surface area contributed by atoms with E-state index in [0.29, 0.717) is 12.0 Å². The molecule has 3 aliphatic rings. The first-order valence-electron chi connectivity index (χ1n) is 7.82. The summed E-state index contributed by atoms with van der Waals surface area (Å²) in [5, 5.41) is 3.25. The van der Waals surface area contributed by atoms with Gasteiger partial charge < -0.3 is 14.6 Å². The van der Waals surface area contributed by atoms with E-state index in [1.165, 1.54) is 31.6 Å². The minimum atomic E-state index is 0.0649. The molecule has 3 fully saturated rings. The number of carbonyl (C=O) groups excluding carboxylic acids is 1. The molecule has 0 saturated carbocycles.